The van der Waals surface area contributed by atoms with Crippen molar-refractivity contribution in [1.82, 2.24) is 0 Å². The monoisotopic (exact) mass is 589 g/mol. The van der Waals surface area contributed by atoms with Crippen molar-refractivity contribution in [3.8, 4) is 11.5 Å². The van der Waals surface area contributed by atoms with Gasteiger partial charge in [-0.05, 0) is 77.5 Å². The standard InChI is InChI=1S/C28H29BrClNO6/c1-4-36-23-14-18(11-20(29)27(23)33)25-24(28(34)37-10-9-35-3)15(2)31-21-12-17(13-22(32)26(21)25)16-5-7-19(30)8-6-16/h5-8,11,14,17,25-26,33H,4,9-10,12-13H2,1-3H3/t17-,25+,26?/m0/s1. The highest BCUT2D eigenvalue weighted by molar-refractivity contribution is 9.10. The topological polar surface area (TPSA) is 94.4 Å². The molecule has 4 rings (SSSR count). The lowest BCUT2D eigenvalue weighted by atomic mass is 9.66. The maximum Gasteiger partial charge on any atom is 0.336 e. The van der Waals surface area contributed by atoms with E-state index >= 15 is 0 Å². The highest BCUT2D eigenvalue weighted by atomic mass is 79.9. The summed E-state index contributed by atoms with van der Waals surface area (Å²) in [6.45, 7) is 4.25. The Labute approximate surface area is 229 Å². The van der Waals surface area contributed by atoms with E-state index in [2.05, 4.69) is 15.9 Å². The second kappa shape index (κ2) is 11.8. The van der Waals surface area contributed by atoms with Crippen LogP contribution in [0.2, 0.25) is 5.02 Å². The van der Waals surface area contributed by atoms with Gasteiger partial charge in [-0.25, -0.2) is 4.79 Å². The molecule has 1 aliphatic carbocycles. The van der Waals surface area contributed by atoms with Gasteiger partial charge in [-0.15, -0.1) is 0 Å². The third-order valence-electron chi connectivity index (χ3n) is 6.75. The van der Waals surface area contributed by atoms with Crippen LogP contribution in [-0.2, 0) is 19.1 Å². The first-order valence-electron chi connectivity index (χ1n) is 12.1. The molecule has 1 heterocycles. The van der Waals surface area contributed by atoms with Crippen molar-refractivity contribution in [2.45, 2.75) is 38.5 Å². The van der Waals surface area contributed by atoms with Gasteiger partial charge in [0.15, 0.2) is 11.5 Å². The molecular formula is C28H29BrClNO6. The molecule has 1 saturated carbocycles. The van der Waals surface area contributed by atoms with Crippen LogP contribution in [0.5, 0.6) is 11.5 Å². The zero-order valence-electron chi connectivity index (χ0n) is 20.9. The molecule has 0 bridgehead atoms. The minimum absolute atomic E-state index is 0.00759. The van der Waals surface area contributed by atoms with Crippen molar-refractivity contribution in [3.63, 3.8) is 0 Å². The lowest BCUT2D eigenvalue weighted by molar-refractivity contribution is -0.140. The van der Waals surface area contributed by atoms with Crippen molar-refractivity contribution < 1.29 is 28.9 Å². The summed E-state index contributed by atoms with van der Waals surface area (Å²) in [5, 5.41) is 11.1. The van der Waals surface area contributed by atoms with Crippen LogP contribution in [0.4, 0.5) is 0 Å². The van der Waals surface area contributed by atoms with E-state index in [0.717, 1.165) is 11.3 Å². The van der Waals surface area contributed by atoms with E-state index in [4.69, 9.17) is 30.8 Å². The van der Waals surface area contributed by atoms with Crippen LogP contribution in [0.15, 0.2) is 57.1 Å². The maximum atomic E-state index is 13.8. The molecule has 0 spiro atoms. The van der Waals surface area contributed by atoms with E-state index in [0.29, 0.717) is 45.8 Å². The summed E-state index contributed by atoms with van der Waals surface area (Å²) in [7, 11) is 1.53. The average Bonchev–Trinajstić information content (AvgIpc) is 2.86. The van der Waals surface area contributed by atoms with Crippen molar-refractivity contribution in [2.75, 3.05) is 26.9 Å². The van der Waals surface area contributed by atoms with Crippen LogP contribution in [0.3, 0.4) is 0 Å². The smallest absolute Gasteiger partial charge is 0.336 e. The quantitative estimate of drug-likeness (QED) is 0.301. The van der Waals surface area contributed by atoms with Gasteiger partial charge in [0, 0.05) is 35.9 Å². The zero-order valence-corrected chi connectivity index (χ0v) is 23.3. The minimum Gasteiger partial charge on any atom is -0.503 e. The normalized spacial score (nSPS) is 21.4. The lowest BCUT2D eigenvalue weighted by Gasteiger charge is -2.38. The second-order valence-electron chi connectivity index (χ2n) is 9.09. The number of benzene rings is 2. The molecule has 196 valence electrons. The fourth-order valence-electron chi connectivity index (χ4n) is 5.11. The number of Topliss-reactive ketones (excluding diaryl/α,β-unsaturated/α-hetero) is 1. The Morgan fingerprint density at radius 2 is 1.86 bits per heavy atom. The van der Waals surface area contributed by atoms with Crippen LogP contribution in [0.25, 0.3) is 0 Å². The van der Waals surface area contributed by atoms with Gasteiger partial charge < -0.3 is 19.3 Å². The molecule has 0 radical (unpaired) electrons. The summed E-state index contributed by atoms with van der Waals surface area (Å²) in [4.78, 5) is 31.9. The molecule has 0 amide bonds. The Balaban J connectivity index is 1.80. The number of allylic oxidation sites excluding steroid dienone is 1. The summed E-state index contributed by atoms with van der Waals surface area (Å²) in [5.74, 6) is -1.64. The third-order valence-corrected chi connectivity index (χ3v) is 7.60. The first-order chi connectivity index (χ1) is 17.7. The largest absolute Gasteiger partial charge is 0.503 e. The third kappa shape index (κ3) is 5.76. The molecule has 2 aromatic rings. The Hall–Kier alpha value is -2.68. The molecule has 1 N–H and O–H groups in total. The van der Waals surface area contributed by atoms with Crippen LogP contribution in [-0.4, -0.2) is 49.5 Å². The van der Waals surface area contributed by atoms with E-state index in [1.54, 1.807) is 19.1 Å². The Bertz CT molecular complexity index is 1260. The molecule has 9 heteroatoms. The number of aromatic hydroxyl groups is 1. The number of phenolic OH excluding ortho intramolecular Hbond substituents is 1. The predicted molar refractivity (Wildman–Crippen MR) is 145 cm³/mol. The number of fused-ring (bicyclic) bond motifs is 1. The Morgan fingerprint density at radius 1 is 1.14 bits per heavy atom. The molecule has 1 fully saturated rings. The summed E-state index contributed by atoms with van der Waals surface area (Å²) in [6.07, 6.45) is 0.889. The summed E-state index contributed by atoms with van der Waals surface area (Å²) < 4.78 is 16.6. The van der Waals surface area contributed by atoms with Crippen molar-refractivity contribution in [3.05, 3.63) is 68.3 Å². The molecule has 7 nitrogen and oxygen atoms in total. The number of rotatable bonds is 8. The van der Waals surface area contributed by atoms with Gasteiger partial charge >= 0.3 is 5.97 Å². The van der Waals surface area contributed by atoms with Crippen molar-refractivity contribution in [1.29, 1.82) is 0 Å². The fraction of sp³-hybridized carbons (Fsp3) is 0.393. The van der Waals surface area contributed by atoms with Crippen LogP contribution < -0.4 is 4.74 Å². The summed E-state index contributed by atoms with van der Waals surface area (Å²) in [5.41, 5.74) is 3.23. The highest BCUT2D eigenvalue weighted by Crippen LogP contribution is 2.48. The number of hydrogen-bond donors (Lipinski definition) is 1. The van der Waals surface area contributed by atoms with Gasteiger partial charge in [0.25, 0.3) is 0 Å². The molecule has 1 unspecified atom stereocenters. The summed E-state index contributed by atoms with van der Waals surface area (Å²) >= 11 is 9.47. The second-order valence-corrected chi connectivity index (χ2v) is 10.4. The number of ether oxygens (including phenoxy) is 3. The van der Waals surface area contributed by atoms with E-state index in [9.17, 15) is 14.7 Å². The average molecular weight is 591 g/mol. The predicted octanol–water partition coefficient (Wildman–Crippen LogP) is 5.97. The molecule has 0 saturated heterocycles. The van der Waals surface area contributed by atoms with E-state index in [1.165, 1.54) is 7.11 Å². The van der Waals surface area contributed by atoms with Gasteiger partial charge in [0.05, 0.1) is 29.2 Å². The number of ketones is 1. The van der Waals surface area contributed by atoms with E-state index < -0.39 is 17.8 Å². The number of nitrogens with zero attached hydrogens (tertiary/aromatic N) is 1. The number of aliphatic imine (C=N–C) groups is 1. The SMILES string of the molecule is CCOc1cc([C@@H]2C(C(=O)OCCOC)=C(C)N=C3C[C@H](c4ccc(Cl)cc4)CC(=O)C32)cc(Br)c1O. The zero-order chi connectivity index (χ0) is 26.7. The maximum absolute atomic E-state index is 13.8. The number of carbonyl (C=O) groups excluding carboxylic acids is 2. The highest BCUT2D eigenvalue weighted by Gasteiger charge is 2.46. The van der Waals surface area contributed by atoms with E-state index in [-0.39, 0.29) is 36.4 Å². The Kier molecular flexibility index (Phi) is 8.72. The fourth-order valence-corrected chi connectivity index (χ4v) is 5.69. The molecule has 2 aromatic carbocycles. The first-order valence-corrected chi connectivity index (χ1v) is 13.3. The molecular weight excluding hydrogens is 562 g/mol. The summed E-state index contributed by atoms with van der Waals surface area (Å²) in [6, 6.07) is 10.9. The van der Waals surface area contributed by atoms with E-state index in [1.807, 2.05) is 31.2 Å². The van der Waals surface area contributed by atoms with Crippen LogP contribution in [0.1, 0.15) is 49.7 Å². The number of hydrogen-bond acceptors (Lipinski definition) is 7. The van der Waals surface area contributed by atoms with Gasteiger partial charge in [-0.1, -0.05) is 23.7 Å². The van der Waals surface area contributed by atoms with Gasteiger partial charge in [-0.2, -0.15) is 0 Å². The Morgan fingerprint density at radius 3 is 2.54 bits per heavy atom. The number of halogens is 2. The molecule has 0 aromatic heterocycles. The first kappa shape index (κ1) is 27.4. The molecule has 3 atom stereocenters. The van der Waals surface area contributed by atoms with Crippen LogP contribution in [0, 0.1) is 5.92 Å². The van der Waals surface area contributed by atoms with Crippen LogP contribution >= 0.6 is 27.5 Å². The molecule has 1 aliphatic heterocycles. The molecule has 37 heavy (non-hydrogen) atoms. The van der Waals surface area contributed by atoms with Gasteiger partial charge in [0.2, 0.25) is 0 Å². The van der Waals surface area contributed by atoms with Crippen molar-refractivity contribution >= 4 is 45.0 Å². The van der Waals surface area contributed by atoms with Gasteiger partial charge in [0.1, 0.15) is 12.4 Å². The number of phenols is 1. The molecule has 2 aliphatic rings. The number of esters is 1. The lowest BCUT2D eigenvalue weighted by Crippen LogP contribution is -2.41. The number of methoxy groups -OCH3 is 1. The van der Waals surface area contributed by atoms with Crippen molar-refractivity contribution in [2.24, 2.45) is 10.9 Å². The minimum atomic E-state index is -0.641. The number of carbonyl (C=O) groups is 2. The van der Waals surface area contributed by atoms with Gasteiger partial charge in [-0.3, -0.25) is 9.79 Å².